The molecule has 0 aliphatic heterocycles. The van der Waals surface area contributed by atoms with Crippen LogP contribution in [0.2, 0.25) is 0 Å². The highest BCUT2D eigenvalue weighted by Gasteiger charge is 2.09. The molecule has 132 valence electrons. The number of carbonyl (C=O) groups is 1. The fraction of sp³-hybridized carbons (Fsp3) is 0.263. The fourth-order valence-corrected chi connectivity index (χ4v) is 2.19. The molecule has 0 saturated carbocycles. The Hall–Kier alpha value is -3.02. The molecule has 1 N–H and O–H groups in total. The minimum atomic E-state index is -0.340. The second kappa shape index (κ2) is 8.73. The zero-order chi connectivity index (χ0) is 18.2. The monoisotopic (exact) mass is 342 g/mol. The lowest BCUT2D eigenvalue weighted by Crippen LogP contribution is -2.25. The van der Waals surface area contributed by atoms with Crippen molar-refractivity contribution in [3.8, 4) is 17.2 Å². The molecule has 25 heavy (non-hydrogen) atoms. The van der Waals surface area contributed by atoms with Crippen LogP contribution in [0.1, 0.15) is 18.1 Å². The third-order valence-electron chi connectivity index (χ3n) is 3.51. The van der Waals surface area contributed by atoms with Gasteiger partial charge in [0.15, 0.2) is 6.61 Å². The van der Waals surface area contributed by atoms with Crippen molar-refractivity contribution >= 4 is 11.6 Å². The molecular formula is C19H22N2O4. The molecule has 2 aromatic carbocycles. The maximum absolute atomic E-state index is 11.9. The maximum Gasteiger partial charge on any atom is 0.277 e. The van der Waals surface area contributed by atoms with E-state index in [2.05, 4.69) is 10.5 Å². The lowest BCUT2D eigenvalue weighted by Gasteiger charge is -2.10. The van der Waals surface area contributed by atoms with Crippen LogP contribution in [0.3, 0.4) is 0 Å². The van der Waals surface area contributed by atoms with Crippen LogP contribution in [0.25, 0.3) is 0 Å². The van der Waals surface area contributed by atoms with Crippen LogP contribution in [0, 0.1) is 6.92 Å². The van der Waals surface area contributed by atoms with Gasteiger partial charge in [0.1, 0.15) is 17.2 Å². The first-order chi connectivity index (χ1) is 12.0. The Kier molecular flexibility index (Phi) is 6.39. The van der Waals surface area contributed by atoms with Gasteiger partial charge in [-0.15, -0.1) is 0 Å². The number of carbonyl (C=O) groups excluding carboxylic acids is 1. The van der Waals surface area contributed by atoms with E-state index in [1.807, 2.05) is 31.2 Å². The third kappa shape index (κ3) is 5.24. The molecule has 2 rings (SSSR count). The molecule has 1 amide bonds. The van der Waals surface area contributed by atoms with E-state index < -0.39 is 0 Å². The number of aryl methyl sites for hydroxylation is 1. The average molecular weight is 342 g/mol. The Morgan fingerprint density at radius 2 is 1.88 bits per heavy atom. The Balaban J connectivity index is 1.97. The quantitative estimate of drug-likeness (QED) is 0.620. The molecular weight excluding hydrogens is 320 g/mol. The number of nitrogens with zero attached hydrogens (tertiary/aromatic N) is 1. The second-order valence-electron chi connectivity index (χ2n) is 5.40. The molecule has 0 radical (unpaired) electrons. The summed E-state index contributed by atoms with van der Waals surface area (Å²) in [6.07, 6.45) is 0. The number of nitrogens with one attached hydrogen (secondary N) is 1. The number of benzene rings is 2. The average Bonchev–Trinajstić information content (AvgIpc) is 2.63. The van der Waals surface area contributed by atoms with Crippen LogP contribution in [-0.2, 0) is 4.79 Å². The Bertz CT molecular complexity index is 772. The van der Waals surface area contributed by atoms with E-state index in [4.69, 9.17) is 14.2 Å². The first-order valence-corrected chi connectivity index (χ1v) is 7.78. The lowest BCUT2D eigenvalue weighted by atomic mass is 10.1. The van der Waals surface area contributed by atoms with Gasteiger partial charge in [0, 0.05) is 11.6 Å². The molecule has 6 nitrogen and oxygen atoms in total. The minimum absolute atomic E-state index is 0.111. The van der Waals surface area contributed by atoms with Gasteiger partial charge < -0.3 is 14.2 Å². The number of ether oxygens (including phenoxy) is 3. The highest BCUT2D eigenvalue weighted by atomic mass is 16.5. The van der Waals surface area contributed by atoms with Crippen molar-refractivity contribution in [1.82, 2.24) is 5.43 Å². The number of hydrogen-bond donors (Lipinski definition) is 1. The molecule has 0 fully saturated rings. The normalized spacial score (nSPS) is 11.0. The highest BCUT2D eigenvalue weighted by molar-refractivity contribution is 6.01. The summed E-state index contributed by atoms with van der Waals surface area (Å²) in [4.78, 5) is 11.9. The van der Waals surface area contributed by atoms with Crippen molar-refractivity contribution < 1.29 is 19.0 Å². The molecule has 0 bridgehead atoms. The van der Waals surface area contributed by atoms with E-state index in [-0.39, 0.29) is 12.5 Å². The van der Waals surface area contributed by atoms with Gasteiger partial charge in [0.2, 0.25) is 0 Å². The summed E-state index contributed by atoms with van der Waals surface area (Å²) in [6.45, 7) is 3.63. The summed E-state index contributed by atoms with van der Waals surface area (Å²) >= 11 is 0. The number of hydrogen-bond acceptors (Lipinski definition) is 5. The van der Waals surface area contributed by atoms with E-state index in [1.165, 1.54) is 0 Å². The summed E-state index contributed by atoms with van der Waals surface area (Å²) in [5, 5.41) is 4.10. The van der Waals surface area contributed by atoms with Crippen molar-refractivity contribution in [3.63, 3.8) is 0 Å². The van der Waals surface area contributed by atoms with Gasteiger partial charge in [-0.25, -0.2) is 5.43 Å². The molecule has 0 aliphatic rings. The minimum Gasteiger partial charge on any atom is -0.497 e. The van der Waals surface area contributed by atoms with E-state index in [0.717, 1.165) is 11.1 Å². The number of rotatable bonds is 7. The predicted molar refractivity (Wildman–Crippen MR) is 96.6 cm³/mol. The Morgan fingerprint density at radius 1 is 1.08 bits per heavy atom. The van der Waals surface area contributed by atoms with Crippen LogP contribution in [0.5, 0.6) is 17.2 Å². The van der Waals surface area contributed by atoms with E-state index in [0.29, 0.717) is 23.0 Å². The lowest BCUT2D eigenvalue weighted by molar-refractivity contribution is -0.123. The van der Waals surface area contributed by atoms with Gasteiger partial charge in [-0.2, -0.15) is 5.10 Å². The van der Waals surface area contributed by atoms with Crippen LogP contribution < -0.4 is 19.6 Å². The zero-order valence-electron chi connectivity index (χ0n) is 14.8. The van der Waals surface area contributed by atoms with Crippen molar-refractivity contribution in [1.29, 1.82) is 0 Å². The molecule has 0 aliphatic carbocycles. The van der Waals surface area contributed by atoms with Crippen LogP contribution in [0.4, 0.5) is 0 Å². The van der Waals surface area contributed by atoms with Crippen LogP contribution >= 0.6 is 0 Å². The summed E-state index contributed by atoms with van der Waals surface area (Å²) in [7, 11) is 3.16. The number of amides is 1. The third-order valence-corrected chi connectivity index (χ3v) is 3.51. The number of methoxy groups -OCH3 is 2. The number of hydrazone groups is 1. The summed E-state index contributed by atoms with van der Waals surface area (Å²) in [6, 6.07) is 12.9. The molecule has 0 spiro atoms. The molecule has 6 heteroatoms. The standard InChI is InChI=1S/C19H22N2O4/c1-13-6-5-7-16(10-13)25-12-19(22)21-20-14(2)17-9-8-15(23-3)11-18(17)24-4/h5-11H,12H2,1-4H3,(H,21,22)/b20-14-. The van der Waals surface area contributed by atoms with Crippen LogP contribution in [-0.4, -0.2) is 32.4 Å². The van der Waals surface area contributed by atoms with E-state index >= 15 is 0 Å². The first kappa shape index (κ1) is 18.3. The maximum atomic E-state index is 11.9. The molecule has 0 saturated heterocycles. The summed E-state index contributed by atoms with van der Waals surface area (Å²) in [5.41, 5.74) is 4.93. The summed E-state index contributed by atoms with van der Waals surface area (Å²) < 4.78 is 15.9. The largest absolute Gasteiger partial charge is 0.497 e. The van der Waals surface area contributed by atoms with E-state index in [1.54, 1.807) is 39.3 Å². The van der Waals surface area contributed by atoms with Gasteiger partial charge >= 0.3 is 0 Å². The van der Waals surface area contributed by atoms with Gasteiger partial charge in [-0.1, -0.05) is 12.1 Å². The SMILES string of the molecule is COc1ccc(/C(C)=N\NC(=O)COc2cccc(C)c2)c(OC)c1. The van der Waals surface area contributed by atoms with Gasteiger partial charge in [0.05, 0.1) is 19.9 Å². The topological polar surface area (TPSA) is 69.2 Å². The first-order valence-electron chi connectivity index (χ1n) is 7.78. The van der Waals surface area contributed by atoms with Crippen LogP contribution in [0.15, 0.2) is 47.6 Å². The summed E-state index contributed by atoms with van der Waals surface area (Å²) in [5.74, 6) is 1.61. The molecule has 0 unspecified atom stereocenters. The van der Waals surface area contributed by atoms with Crippen molar-refractivity contribution in [2.24, 2.45) is 5.10 Å². The van der Waals surface area contributed by atoms with Crippen molar-refractivity contribution in [2.45, 2.75) is 13.8 Å². The van der Waals surface area contributed by atoms with Gasteiger partial charge in [-0.3, -0.25) is 4.79 Å². The fourth-order valence-electron chi connectivity index (χ4n) is 2.19. The Labute approximate surface area is 147 Å². The second-order valence-corrected chi connectivity index (χ2v) is 5.40. The molecule has 2 aromatic rings. The molecule has 0 atom stereocenters. The van der Waals surface area contributed by atoms with Crippen molar-refractivity contribution in [2.75, 3.05) is 20.8 Å². The molecule has 0 heterocycles. The predicted octanol–water partition coefficient (Wildman–Crippen LogP) is 2.93. The molecule has 0 aromatic heterocycles. The highest BCUT2D eigenvalue weighted by Crippen LogP contribution is 2.25. The van der Waals surface area contributed by atoms with Crippen molar-refractivity contribution in [3.05, 3.63) is 53.6 Å². The smallest absolute Gasteiger partial charge is 0.277 e. The Morgan fingerprint density at radius 3 is 2.56 bits per heavy atom. The van der Waals surface area contributed by atoms with Gasteiger partial charge in [0.25, 0.3) is 5.91 Å². The zero-order valence-corrected chi connectivity index (χ0v) is 14.8. The van der Waals surface area contributed by atoms with E-state index in [9.17, 15) is 4.79 Å². The van der Waals surface area contributed by atoms with Gasteiger partial charge in [-0.05, 0) is 43.7 Å².